The Kier molecular flexibility index (Phi) is 3.32. The summed E-state index contributed by atoms with van der Waals surface area (Å²) in [6.07, 6.45) is 6.21. The van der Waals surface area contributed by atoms with E-state index in [2.05, 4.69) is 16.0 Å². The first-order valence-electron chi connectivity index (χ1n) is 4.13. The highest BCUT2D eigenvalue weighted by Crippen LogP contribution is 2.05. The molecule has 4 heteroatoms. The molecule has 0 radical (unpaired) electrons. The Morgan fingerprint density at radius 2 is 2.54 bits per heavy atom. The first-order chi connectivity index (χ1) is 6.24. The van der Waals surface area contributed by atoms with Crippen LogP contribution in [0.25, 0.3) is 0 Å². The van der Waals surface area contributed by atoms with E-state index in [1.807, 2.05) is 0 Å². The molecule has 0 saturated carbocycles. The summed E-state index contributed by atoms with van der Waals surface area (Å²) in [5, 5.41) is 2.55. The number of ether oxygens (including phenoxy) is 1. The van der Waals surface area contributed by atoms with Crippen molar-refractivity contribution in [3.05, 3.63) is 0 Å². The molecule has 1 atom stereocenters. The monoisotopic (exact) mass is 181 g/mol. The van der Waals surface area contributed by atoms with Gasteiger partial charge in [-0.25, -0.2) is 4.79 Å². The molecular weight excluding hydrogens is 170 g/mol. The number of rotatable bonds is 3. The third-order valence-electron chi connectivity index (χ3n) is 1.77. The number of carbonyl (C=O) groups excluding carboxylic acids is 2. The van der Waals surface area contributed by atoms with Crippen molar-refractivity contribution in [1.82, 2.24) is 5.32 Å². The Morgan fingerprint density at radius 1 is 1.77 bits per heavy atom. The lowest BCUT2D eigenvalue weighted by atomic mass is 10.2. The molecule has 0 aromatic heterocycles. The fourth-order valence-corrected chi connectivity index (χ4v) is 1.08. The minimum atomic E-state index is -0.467. The molecule has 1 saturated heterocycles. The molecular formula is C9H11NO3. The van der Waals surface area contributed by atoms with Crippen LogP contribution in [0, 0.1) is 12.3 Å². The van der Waals surface area contributed by atoms with Gasteiger partial charge in [0.1, 0.15) is 6.04 Å². The van der Waals surface area contributed by atoms with Crippen molar-refractivity contribution in [2.75, 3.05) is 6.61 Å². The van der Waals surface area contributed by atoms with Crippen molar-refractivity contribution in [2.45, 2.75) is 25.3 Å². The van der Waals surface area contributed by atoms with E-state index in [1.54, 1.807) is 0 Å². The summed E-state index contributed by atoms with van der Waals surface area (Å²) < 4.78 is 4.68. The maximum atomic E-state index is 11.1. The van der Waals surface area contributed by atoms with Crippen LogP contribution in [0.2, 0.25) is 0 Å². The Hall–Kier alpha value is -1.50. The van der Waals surface area contributed by atoms with E-state index < -0.39 is 6.04 Å². The molecule has 1 unspecified atom stereocenters. The second kappa shape index (κ2) is 4.51. The largest absolute Gasteiger partial charge is 0.464 e. The quantitative estimate of drug-likeness (QED) is 0.486. The minimum Gasteiger partial charge on any atom is -0.464 e. The number of carbonyl (C=O) groups is 2. The normalized spacial score (nSPS) is 20.5. The molecule has 0 aromatic rings. The molecule has 0 aromatic carbocycles. The van der Waals surface area contributed by atoms with Crippen molar-refractivity contribution < 1.29 is 14.3 Å². The molecule has 1 amide bonds. The third kappa shape index (κ3) is 2.79. The van der Waals surface area contributed by atoms with E-state index >= 15 is 0 Å². The molecule has 1 rings (SSSR count). The zero-order chi connectivity index (χ0) is 9.68. The lowest BCUT2D eigenvalue weighted by Gasteiger charge is -2.06. The summed E-state index contributed by atoms with van der Waals surface area (Å²) in [6, 6.07) is -0.467. The van der Waals surface area contributed by atoms with Crippen molar-refractivity contribution in [3.63, 3.8) is 0 Å². The average Bonchev–Trinajstić information content (AvgIpc) is 2.48. The number of terminal acetylenes is 1. The van der Waals surface area contributed by atoms with Gasteiger partial charge < -0.3 is 10.1 Å². The van der Waals surface area contributed by atoms with Crippen LogP contribution in [0.1, 0.15) is 19.3 Å². The van der Waals surface area contributed by atoms with Gasteiger partial charge in [0.05, 0.1) is 6.61 Å². The summed E-state index contributed by atoms with van der Waals surface area (Å²) in [4.78, 5) is 22.0. The highest BCUT2D eigenvalue weighted by Gasteiger charge is 2.27. The number of hydrogen-bond donors (Lipinski definition) is 1. The summed E-state index contributed by atoms with van der Waals surface area (Å²) >= 11 is 0. The number of nitrogens with one attached hydrogen (secondary N) is 1. The molecule has 4 nitrogen and oxygen atoms in total. The summed E-state index contributed by atoms with van der Waals surface area (Å²) in [5.74, 6) is 1.81. The number of hydrogen-bond acceptors (Lipinski definition) is 3. The number of amides is 1. The molecule has 0 bridgehead atoms. The molecule has 13 heavy (non-hydrogen) atoms. The van der Waals surface area contributed by atoms with Gasteiger partial charge in [0.25, 0.3) is 0 Å². The Labute approximate surface area is 76.6 Å². The Balaban J connectivity index is 2.28. The molecule has 1 fully saturated rings. The van der Waals surface area contributed by atoms with Crippen LogP contribution in [0.4, 0.5) is 0 Å². The van der Waals surface area contributed by atoms with E-state index in [9.17, 15) is 9.59 Å². The van der Waals surface area contributed by atoms with Gasteiger partial charge in [0.15, 0.2) is 0 Å². The van der Waals surface area contributed by atoms with Gasteiger partial charge in [0.2, 0.25) is 5.91 Å². The standard InChI is InChI=1S/C9H11NO3/c1-2-3-4-8(11)10-7-5-6-13-9(7)12/h1,7H,3-6H2,(H,10,11). The Bertz CT molecular complexity index is 254. The molecule has 0 aliphatic carbocycles. The summed E-state index contributed by atoms with van der Waals surface area (Å²) in [6.45, 7) is 0.388. The highest BCUT2D eigenvalue weighted by atomic mass is 16.5. The Morgan fingerprint density at radius 3 is 3.08 bits per heavy atom. The SMILES string of the molecule is C#CCCC(=O)NC1CCOC1=O. The topological polar surface area (TPSA) is 55.4 Å². The van der Waals surface area contributed by atoms with E-state index in [1.165, 1.54) is 0 Å². The molecule has 1 heterocycles. The van der Waals surface area contributed by atoms with Crippen LogP contribution in [0.15, 0.2) is 0 Å². The third-order valence-corrected chi connectivity index (χ3v) is 1.77. The fraction of sp³-hybridized carbons (Fsp3) is 0.556. The molecule has 0 spiro atoms. The van der Waals surface area contributed by atoms with E-state index in [0.717, 1.165) is 0 Å². The highest BCUT2D eigenvalue weighted by molar-refractivity contribution is 5.85. The summed E-state index contributed by atoms with van der Waals surface area (Å²) in [5.41, 5.74) is 0. The second-order valence-electron chi connectivity index (χ2n) is 2.78. The van der Waals surface area contributed by atoms with Crippen LogP contribution >= 0.6 is 0 Å². The smallest absolute Gasteiger partial charge is 0.328 e. The lowest BCUT2D eigenvalue weighted by molar-refractivity contribution is -0.141. The summed E-state index contributed by atoms with van der Waals surface area (Å²) in [7, 11) is 0. The van der Waals surface area contributed by atoms with Crippen molar-refractivity contribution >= 4 is 11.9 Å². The maximum Gasteiger partial charge on any atom is 0.328 e. The predicted octanol–water partition coefficient (Wildman–Crippen LogP) is -0.169. The van der Waals surface area contributed by atoms with E-state index in [0.29, 0.717) is 19.4 Å². The van der Waals surface area contributed by atoms with Crippen LogP contribution in [0.5, 0.6) is 0 Å². The van der Waals surface area contributed by atoms with Gasteiger partial charge in [-0.05, 0) is 0 Å². The predicted molar refractivity (Wildman–Crippen MR) is 45.6 cm³/mol. The zero-order valence-electron chi connectivity index (χ0n) is 7.21. The minimum absolute atomic E-state index is 0.193. The van der Waals surface area contributed by atoms with Gasteiger partial charge in [0, 0.05) is 19.3 Å². The molecule has 70 valence electrons. The lowest BCUT2D eigenvalue weighted by Crippen LogP contribution is -2.37. The van der Waals surface area contributed by atoms with Crippen molar-refractivity contribution in [2.24, 2.45) is 0 Å². The number of cyclic esters (lactones) is 1. The van der Waals surface area contributed by atoms with Gasteiger partial charge in [-0.2, -0.15) is 0 Å². The van der Waals surface area contributed by atoms with E-state index in [4.69, 9.17) is 6.42 Å². The van der Waals surface area contributed by atoms with Gasteiger partial charge in [-0.1, -0.05) is 0 Å². The molecule has 1 aliphatic rings. The first kappa shape index (κ1) is 9.59. The van der Waals surface area contributed by atoms with Gasteiger partial charge >= 0.3 is 5.97 Å². The van der Waals surface area contributed by atoms with Crippen LogP contribution in [-0.2, 0) is 14.3 Å². The zero-order valence-corrected chi connectivity index (χ0v) is 7.21. The van der Waals surface area contributed by atoms with Crippen LogP contribution in [0.3, 0.4) is 0 Å². The van der Waals surface area contributed by atoms with Crippen molar-refractivity contribution in [3.8, 4) is 12.3 Å². The maximum absolute atomic E-state index is 11.1. The van der Waals surface area contributed by atoms with Crippen LogP contribution in [-0.4, -0.2) is 24.5 Å². The molecule has 1 N–H and O–H groups in total. The van der Waals surface area contributed by atoms with E-state index in [-0.39, 0.29) is 18.3 Å². The fourth-order valence-electron chi connectivity index (χ4n) is 1.08. The second-order valence-corrected chi connectivity index (χ2v) is 2.78. The molecule has 1 aliphatic heterocycles. The first-order valence-corrected chi connectivity index (χ1v) is 4.13. The average molecular weight is 181 g/mol. The number of esters is 1. The van der Waals surface area contributed by atoms with Crippen LogP contribution < -0.4 is 5.32 Å². The van der Waals surface area contributed by atoms with Gasteiger partial charge in [-0.15, -0.1) is 12.3 Å². The van der Waals surface area contributed by atoms with Gasteiger partial charge in [-0.3, -0.25) is 4.79 Å². The van der Waals surface area contributed by atoms with Crippen molar-refractivity contribution in [1.29, 1.82) is 0 Å².